The molecule has 1 aliphatic rings. The number of fused-ring (bicyclic) bond motifs is 2. The van der Waals surface area contributed by atoms with E-state index >= 15 is 0 Å². The summed E-state index contributed by atoms with van der Waals surface area (Å²) in [5.41, 5.74) is 7.15. The van der Waals surface area contributed by atoms with Crippen LogP contribution >= 0.6 is 0 Å². The monoisotopic (exact) mass is 601 g/mol. The number of rotatable bonds is 6. The van der Waals surface area contributed by atoms with E-state index < -0.39 is 36.4 Å². The van der Waals surface area contributed by atoms with Crippen LogP contribution in [0.15, 0.2) is 54.2 Å². The first kappa shape index (κ1) is 35.4. The number of carbonyl (C=O) groups is 2. The van der Waals surface area contributed by atoms with Crippen LogP contribution in [0.3, 0.4) is 0 Å². The Morgan fingerprint density at radius 3 is 2.51 bits per heavy atom. The van der Waals surface area contributed by atoms with Gasteiger partial charge in [-0.2, -0.15) is 0 Å². The highest BCUT2D eigenvalue weighted by atomic mass is 16.6. The minimum atomic E-state index is -0.935. The molecule has 6 atom stereocenters. The number of ether oxygens (including phenoxy) is 3. The molecule has 1 heterocycles. The smallest absolute Gasteiger partial charge is 0.405 e. The van der Waals surface area contributed by atoms with E-state index in [4.69, 9.17) is 19.9 Å². The Balaban J connectivity index is 2.63. The van der Waals surface area contributed by atoms with Gasteiger partial charge in [0.1, 0.15) is 17.6 Å². The second-order valence-corrected chi connectivity index (χ2v) is 11.0. The Bertz CT molecular complexity index is 1230. The predicted molar refractivity (Wildman–Crippen MR) is 167 cm³/mol. The molecule has 2 amide bonds. The Morgan fingerprint density at radius 2 is 1.91 bits per heavy atom. The molecule has 0 saturated carbocycles. The summed E-state index contributed by atoms with van der Waals surface area (Å²) in [7, 11) is 3.03. The number of carbonyl (C=O) groups excluding carboxylic acids is 2. The molecule has 3 unspecified atom stereocenters. The SMILES string of the molecule is C=CCNc1c(O)cc2c(O)c1C[C@@H](C)CC(OC)[C@H](O)[C@@H](C)/C=C(\C)C(OC(N)=O)CC(OC)/C=C\C=C(/C)C(=O)N2. The molecule has 0 aromatic heterocycles. The van der Waals surface area contributed by atoms with Gasteiger partial charge >= 0.3 is 6.09 Å². The van der Waals surface area contributed by atoms with Crippen molar-refractivity contribution in [2.75, 3.05) is 31.4 Å². The van der Waals surface area contributed by atoms with E-state index in [1.807, 2.05) is 19.9 Å². The number of allylic oxidation sites excluding steroid dienone is 2. The number of aliphatic hydroxyl groups excluding tert-OH is 1. The van der Waals surface area contributed by atoms with E-state index in [1.165, 1.54) is 20.3 Å². The van der Waals surface area contributed by atoms with Gasteiger partial charge in [-0.1, -0.05) is 44.2 Å². The number of phenolic OH excluding ortho intramolecular Hbond substituents is 2. The molecule has 1 aliphatic heterocycles. The van der Waals surface area contributed by atoms with Crippen molar-refractivity contribution in [1.82, 2.24) is 0 Å². The lowest BCUT2D eigenvalue weighted by Gasteiger charge is -2.29. The molecule has 2 bridgehead atoms. The summed E-state index contributed by atoms with van der Waals surface area (Å²) in [5, 5.41) is 39.1. The van der Waals surface area contributed by atoms with E-state index in [0.29, 0.717) is 41.8 Å². The van der Waals surface area contributed by atoms with Gasteiger partial charge in [-0.15, -0.1) is 6.58 Å². The van der Waals surface area contributed by atoms with E-state index in [1.54, 1.807) is 38.2 Å². The van der Waals surface area contributed by atoms with Crippen LogP contribution in [0, 0.1) is 11.8 Å². The molecule has 11 heteroatoms. The van der Waals surface area contributed by atoms with Gasteiger partial charge in [-0.3, -0.25) is 4.79 Å². The first-order valence-corrected chi connectivity index (χ1v) is 14.3. The zero-order valence-corrected chi connectivity index (χ0v) is 25.9. The molecular weight excluding hydrogens is 554 g/mol. The maximum absolute atomic E-state index is 13.0. The van der Waals surface area contributed by atoms with Crippen molar-refractivity contribution < 1.29 is 39.1 Å². The van der Waals surface area contributed by atoms with Crippen LogP contribution in [-0.4, -0.2) is 72.5 Å². The predicted octanol–water partition coefficient (Wildman–Crippen LogP) is 4.55. The zero-order valence-electron chi connectivity index (χ0n) is 25.9. The van der Waals surface area contributed by atoms with Crippen LogP contribution in [0.1, 0.15) is 46.1 Å². The second kappa shape index (κ2) is 16.7. The van der Waals surface area contributed by atoms with Crippen LogP contribution in [0.25, 0.3) is 0 Å². The number of hydrogen-bond donors (Lipinski definition) is 6. The number of aliphatic hydroxyl groups is 1. The van der Waals surface area contributed by atoms with Gasteiger partial charge in [0.15, 0.2) is 0 Å². The number of anilines is 2. The molecule has 1 aromatic rings. The quantitative estimate of drug-likeness (QED) is 0.155. The summed E-state index contributed by atoms with van der Waals surface area (Å²) in [5.74, 6) is -1.33. The van der Waals surface area contributed by atoms with Gasteiger partial charge in [-0.05, 0) is 38.2 Å². The van der Waals surface area contributed by atoms with Crippen LogP contribution in [0.4, 0.5) is 16.2 Å². The van der Waals surface area contributed by atoms with Crippen LogP contribution < -0.4 is 16.4 Å². The number of nitrogens with two attached hydrogens (primary N) is 1. The van der Waals surface area contributed by atoms with Gasteiger partial charge in [-0.25, -0.2) is 4.79 Å². The maximum Gasteiger partial charge on any atom is 0.405 e. The number of nitrogens with one attached hydrogen (secondary N) is 2. The molecule has 0 fully saturated rings. The maximum atomic E-state index is 13.0. The number of amides is 2. The molecule has 1 aromatic carbocycles. The molecule has 7 N–H and O–H groups in total. The number of hydrogen-bond acceptors (Lipinski definition) is 9. The highest BCUT2D eigenvalue weighted by Crippen LogP contribution is 2.42. The van der Waals surface area contributed by atoms with Gasteiger partial charge in [0, 0.05) is 50.3 Å². The normalized spacial score (nSPS) is 29.1. The average Bonchev–Trinajstić information content (AvgIpc) is 2.95. The van der Waals surface area contributed by atoms with E-state index in [9.17, 15) is 24.9 Å². The van der Waals surface area contributed by atoms with Crippen LogP contribution in [0.5, 0.6) is 11.5 Å². The molecule has 0 spiro atoms. The van der Waals surface area contributed by atoms with E-state index in [2.05, 4.69) is 17.2 Å². The summed E-state index contributed by atoms with van der Waals surface area (Å²) in [6.07, 6.45) is 5.67. The summed E-state index contributed by atoms with van der Waals surface area (Å²) in [6, 6.07) is 1.29. The fourth-order valence-electron chi connectivity index (χ4n) is 5.09. The lowest BCUT2D eigenvalue weighted by atomic mass is 9.87. The Morgan fingerprint density at radius 1 is 1.21 bits per heavy atom. The lowest BCUT2D eigenvalue weighted by Crippen LogP contribution is -2.35. The number of aromatic hydroxyl groups is 2. The molecule has 238 valence electrons. The molecular formula is C32H47N3O8. The second-order valence-electron chi connectivity index (χ2n) is 11.0. The Hall–Kier alpha value is -3.80. The van der Waals surface area contributed by atoms with Crippen molar-refractivity contribution >= 4 is 23.4 Å². The first-order valence-electron chi connectivity index (χ1n) is 14.3. The largest absolute Gasteiger partial charge is 0.506 e. The molecule has 2 rings (SSSR count). The summed E-state index contributed by atoms with van der Waals surface area (Å²) >= 11 is 0. The van der Waals surface area contributed by atoms with Gasteiger partial charge in [0.05, 0.1) is 29.7 Å². The van der Waals surface area contributed by atoms with Crippen molar-refractivity contribution in [1.29, 1.82) is 0 Å². The summed E-state index contributed by atoms with van der Waals surface area (Å²) in [4.78, 5) is 24.7. The number of phenols is 2. The van der Waals surface area contributed by atoms with Crippen LogP contribution in [-0.2, 0) is 25.4 Å². The van der Waals surface area contributed by atoms with Crippen molar-refractivity contribution in [2.24, 2.45) is 17.6 Å². The highest BCUT2D eigenvalue weighted by molar-refractivity contribution is 6.04. The first-order chi connectivity index (χ1) is 20.3. The molecule has 43 heavy (non-hydrogen) atoms. The minimum Gasteiger partial charge on any atom is -0.506 e. The molecule has 11 nitrogen and oxygen atoms in total. The number of methoxy groups -OCH3 is 2. The van der Waals surface area contributed by atoms with Gasteiger partial charge in [0.25, 0.3) is 5.91 Å². The summed E-state index contributed by atoms with van der Waals surface area (Å²) in [6.45, 7) is 11.2. The number of benzene rings is 1. The molecule has 0 saturated heterocycles. The third-order valence-corrected chi connectivity index (χ3v) is 7.53. The van der Waals surface area contributed by atoms with Crippen molar-refractivity contribution in [2.45, 2.75) is 71.4 Å². The third-order valence-electron chi connectivity index (χ3n) is 7.53. The van der Waals surface area contributed by atoms with Crippen molar-refractivity contribution in [3.63, 3.8) is 0 Å². The minimum absolute atomic E-state index is 0.0544. The highest BCUT2D eigenvalue weighted by Gasteiger charge is 2.29. The third kappa shape index (κ3) is 10.2. The summed E-state index contributed by atoms with van der Waals surface area (Å²) < 4.78 is 16.6. The fourth-order valence-corrected chi connectivity index (χ4v) is 5.09. The standard InChI is InChI=1S/C32H47N3O8/c1-8-12-34-28-23-13-18(2)14-27(42-7)29(37)21(5)15-20(4)26(43-32(33)40)16-22(41-6)11-9-10-19(3)31(39)35-24(30(23)38)17-25(28)36/h8-11,15,17-18,21-22,26-27,29,34,36-38H,1,12-14,16H2,2-7H3,(H2,33,40)(H,35,39)/b11-9-,19-10+,20-15+/t18-,21+,22?,26?,27?,29-/m1/s1. The Kier molecular flexibility index (Phi) is 13.8. The van der Waals surface area contributed by atoms with Gasteiger partial charge < -0.3 is 45.9 Å². The van der Waals surface area contributed by atoms with E-state index in [-0.39, 0.29) is 35.4 Å². The van der Waals surface area contributed by atoms with Gasteiger partial charge in [0.2, 0.25) is 0 Å². The zero-order chi connectivity index (χ0) is 32.3. The van der Waals surface area contributed by atoms with Crippen LogP contribution in [0.2, 0.25) is 0 Å². The fraction of sp³-hybridized carbons (Fsp3) is 0.500. The molecule has 0 radical (unpaired) electrons. The lowest BCUT2D eigenvalue weighted by molar-refractivity contribution is -0.112. The Labute approximate surface area is 254 Å². The van der Waals surface area contributed by atoms with E-state index in [0.717, 1.165) is 0 Å². The van der Waals surface area contributed by atoms with Crippen molar-refractivity contribution in [3.05, 3.63) is 59.7 Å². The average molecular weight is 602 g/mol. The van der Waals surface area contributed by atoms with Crippen molar-refractivity contribution in [3.8, 4) is 11.5 Å². The topological polar surface area (TPSA) is 173 Å². The molecule has 0 aliphatic carbocycles. The number of primary amides is 1.